The summed E-state index contributed by atoms with van der Waals surface area (Å²) < 4.78 is 0. The molecule has 0 aliphatic carbocycles. The molecule has 0 fully saturated rings. The minimum Gasteiger partial charge on any atom is -0.351 e. The summed E-state index contributed by atoms with van der Waals surface area (Å²) in [5.41, 5.74) is 0. The molecule has 1 N–H and O–H groups in total. The summed E-state index contributed by atoms with van der Waals surface area (Å²) in [5.74, 6) is -0.267. The van der Waals surface area contributed by atoms with Gasteiger partial charge in [0.15, 0.2) is 0 Å². The highest BCUT2D eigenvalue weighted by Gasteiger charge is 2.02. The summed E-state index contributed by atoms with van der Waals surface area (Å²) in [4.78, 5) is 26.8. The van der Waals surface area contributed by atoms with Crippen LogP contribution in [0.1, 0.15) is 110 Å². The molecule has 6 nitrogen and oxygen atoms in total. The number of aromatic nitrogens is 3. The zero-order valence-corrected chi connectivity index (χ0v) is 20.6. The van der Waals surface area contributed by atoms with Crippen LogP contribution < -0.4 is 5.32 Å². The van der Waals surface area contributed by atoms with E-state index in [0.717, 1.165) is 19.1 Å². The predicted octanol–water partition coefficient (Wildman–Crippen LogP) is 7.26. The number of rotatable bonds is 19. The third kappa shape index (κ3) is 17.0. The molecule has 0 aliphatic rings. The molecule has 0 aliphatic heterocycles. The fraction of sp³-hybridized carbons (Fsp3) is 0.783. The summed E-state index contributed by atoms with van der Waals surface area (Å²) >= 11 is 11.3. The topological polar surface area (TPSA) is 80.1 Å². The summed E-state index contributed by atoms with van der Waals surface area (Å²) in [6.45, 7) is 2.91. The molecule has 1 aromatic heterocycles. The van der Waals surface area contributed by atoms with Crippen molar-refractivity contribution in [1.29, 1.82) is 0 Å². The van der Waals surface area contributed by atoms with Gasteiger partial charge in [-0.15, -0.1) is 0 Å². The number of hydrogen-bond donors (Lipinski definition) is 1. The Hall–Kier alpha value is -1.27. The van der Waals surface area contributed by atoms with Crippen molar-refractivity contribution >= 4 is 41.3 Å². The third-order valence-corrected chi connectivity index (χ3v) is 5.53. The second-order valence-electron chi connectivity index (χ2n) is 8.03. The number of unbranched alkanes of at least 4 members (excludes halogenated alkanes) is 15. The van der Waals surface area contributed by atoms with Gasteiger partial charge in [-0.2, -0.15) is 15.0 Å². The zero-order chi connectivity index (χ0) is 22.6. The smallest absolute Gasteiger partial charge is 0.262 e. The van der Waals surface area contributed by atoms with Crippen molar-refractivity contribution < 1.29 is 4.79 Å². The van der Waals surface area contributed by atoms with Crippen LogP contribution in [0.25, 0.3) is 0 Å². The van der Waals surface area contributed by atoms with Gasteiger partial charge in [-0.05, 0) is 29.6 Å². The third-order valence-electron chi connectivity index (χ3n) is 5.20. The van der Waals surface area contributed by atoms with Gasteiger partial charge in [0.2, 0.25) is 10.6 Å². The fourth-order valence-electron chi connectivity index (χ4n) is 3.42. The number of nitrogens with one attached hydrogen (secondary N) is 1. The maximum atomic E-state index is 11.7. The zero-order valence-electron chi connectivity index (χ0n) is 19.1. The standard InChI is InChI=1S/C23H39Cl2N5O/c1-2-3-4-5-6-7-8-9-10-11-12-13-14-15-16-17-18-26-20(31)19-27-23-29-21(24)28-22(25)30-23/h19H,2-18H2,1H3,(H,26,31). The lowest BCUT2D eigenvalue weighted by Gasteiger charge is -2.04. The molecular formula is C23H39Cl2N5O. The van der Waals surface area contributed by atoms with Gasteiger partial charge in [-0.25, -0.2) is 4.99 Å². The molecule has 1 rings (SSSR count). The summed E-state index contributed by atoms with van der Waals surface area (Å²) in [6, 6.07) is 0. The van der Waals surface area contributed by atoms with E-state index >= 15 is 0 Å². The minimum atomic E-state index is -0.284. The molecule has 0 unspecified atom stereocenters. The molecule has 0 aromatic carbocycles. The van der Waals surface area contributed by atoms with Crippen LogP contribution in [-0.2, 0) is 4.79 Å². The van der Waals surface area contributed by atoms with Crippen LogP contribution in [0.15, 0.2) is 4.99 Å². The van der Waals surface area contributed by atoms with Crippen molar-refractivity contribution in [1.82, 2.24) is 20.3 Å². The first-order chi connectivity index (χ1) is 15.1. The molecule has 0 spiro atoms. The molecule has 0 saturated carbocycles. The molecule has 176 valence electrons. The van der Waals surface area contributed by atoms with Crippen molar-refractivity contribution in [3.8, 4) is 0 Å². The minimum absolute atomic E-state index is 0.0163. The lowest BCUT2D eigenvalue weighted by molar-refractivity contribution is -0.114. The van der Waals surface area contributed by atoms with E-state index in [1.165, 1.54) is 89.9 Å². The van der Waals surface area contributed by atoms with Crippen LogP contribution in [-0.4, -0.2) is 33.6 Å². The first-order valence-electron chi connectivity index (χ1n) is 12.0. The van der Waals surface area contributed by atoms with E-state index in [1.54, 1.807) is 0 Å². The van der Waals surface area contributed by atoms with Gasteiger partial charge in [-0.1, -0.05) is 103 Å². The van der Waals surface area contributed by atoms with Gasteiger partial charge >= 0.3 is 0 Å². The molecule has 0 saturated heterocycles. The lowest BCUT2D eigenvalue weighted by atomic mass is 10.0. The average Bonchev–Trinajstić information content (AvgIpc) is 2.74. The molecule has 1 amide bonds. The molecule has 0 bridgehead atoms. The monoisotopic (exact) mass is 471 g/mol. The maximum absolute atomic E-state index is 11.7. The number of nitrogens with zero attached hydrogens (tertiary/aromatic N) is 4. The summed E-state index contributed by atoms with van der Waals surface area (Å²) in [6.07, 6.45) is 22.5. The number of carbonyl (C=O) groups is 1. The number of aliphatic imine (C=N–C) groups is 1. The van der Waals surface area contributed by atoms with E-state index in [2.05, 4.69) is 32.2 Å². The summed E-state index contributed by atoms with van der Waals surface area (Å²) in [5, 5.41) is 2.70. The number of amides is 1. The van der Waals surface area contributed by atoms with E-state index in [-0.39, 0.29) is 22.4 Å². The Balaban J connectivity index is 1.86. The summed E-state index contributed by atoms with van der Waals surface area (Å²) in [7, 11) is 0. The highest BCUT2D eigenvalue weighted by Crippen LogP contribution is 2.14. The Labute approximate surface area is 198 Å². The molecule has 0 atom stereocenters. The van der Waals surface area contributed by atoms with E-state index in [1.807, 2.05) is 0 Å². The van der Waals surface area contributed by atoms with Crippen molar-refractivity contribution in [3.05, 3.63) is 10.6 Å². The Morgan fingerprint density at radius 3 is 1.61 bits per heavy atom. The predicted molar refractivity (Wildman–Crippen MR) is 131 cm³/mol. The van der Waals surface area contributed by atoms with Crippen molar-refractivity contribution in [2.24, 2.45) is 4.99 Å². The van der Waals surface area contributed by atoms with Gasteiger partial charge in [0.1, 0.15) is 0 Å². The molecule has 1 heterocycles. The van der Waals surface area contributed by atoms with Gasteiger partial charge in [-0.3, -0.25) is 4.79 Å². The fourth-order valence-corrected chi connectivity index (χ4v) is 3.78. The van der Waals surface area contributed by atoms with Crippen LogP contribution in [0.4, 0.5) is 5.95 Å². The average molecular weight is 473 g/mol. The van der Waals surface area contributed by atoms with Gasteiger partial charge in [0.25, 0.3) is 11.9 Å². The van der Waals surface area contributed by atoms with Crippen LogP contribution in [0.2, 0.25) is 10.6 Å². The normalized spacial score (nSPS) is 11.3. The van der Waals surface area contributed by atoms with Gasteiger partial charge < -0.3 is 5.32 Å². The van der Waals surface area contributed by atoms with Gasteiger partial charge in [0, 0.05) is 6.54 Å². The molecule has 1 aromatic rings. The van der Waals surface area contributed by atoms with E-state index in [4.69, 9.17) is 23.2 Å². The van der Waals surface area contributed by atoms with Crippen molar-refractivity contribution in [3.63, 3.8) is 0 Å². The lowest BCUT2D eigenvalue weighted by Crippen LogP contribution is -2.25. The number of halogens is 2. The Morgan fingerprint density at radius 2 is 1.16 bits per heavy atom. The second kappa shape index (κ2) is 19.4. The maximum Gasteiger partial charge on any atom is 0.262 e. The molecule has 31 heavy (non-hydrogen) atoms. The largest absolute Gasteiger partial charge is 0.351 e. The van der Waals surface area contributed by atoms with Crippen LogP contribution in [0.5, 0.6) is 0 Å². The quantitative estimate of drug-likeness (QED) is 0.170. The number of hydrogen-bond acceptors (Lipinski definition) is 5. The van der Waals surface area contributed by atoms with E-state index in [9.17, 15) is 4.79 Å². The van der Waals surface area contributed by atoms with Crippen LogP contribution >= 0.6 is 23.2 Å². The highest BCUT2D eigenvalue weighted by atomic mass is 35.5. The second-order valence-corrected chi connectivity index (χ2v) is 8.70. The SMILES string of the molecule is CCCCCCCCCCCCCCCCCCNC(=O)C=Nc1nc(Cl)nc(Cl)n1. The molecule has 0 radical (unpaired) electrons. The van der Waals surface area contributed by atoms with Crippen molar-refractivity contribution in [2.75, 3.05) is 6.54 Å². The molecular weight excluding hydrogens is 433 g/mol. The van der Waals surface area contributed by atoms with Crippen molar-refractivity contribution in [2.45, 2.75) is 110 Å². The van der Waals surface area contributed by atoms with Crippen LogP contribution in [0.3, 0.4) is 0 Å². The Morgan fingerprint density at radius 1 is 0.742 bits per heavy atom. The Kier molecular flexibility index (Phi) is 17.4. The Bertz CT molecular complexity index is 608. The van der Waals surface area contributed by atoms with Gasteiger partial charge in [0.05, 0.1) is 6.21 Å². The number of carbonyl (C=O) groups excluding carboxylic acids is 1. The van der Waals surface area contributed by atoms with E-state index in [0.29, 0.717) is 6.54 Å². The highest BCUT2D eigenvalue weighted by molar-refractivity contribution is 6.31. The first-order valence-corrected chi connectivity index (χ1v) is 12.8. The first kappa shape index (κ1) is 27.8. The van der Waals surface area contributed by atoms with Crippen LogP contribution in [0, 0.1) is 0 Å². The molecule has 8 heteroatoms. The van der Waals surface area contributed by atoms with E-state index < -0.39 is 0 Å².